The first kappa shape index (κ1) is 22.2. The number of anilines is 2. The zero-order chi connectivity index (χ0) is 21.8. The van der Waals surface area contributed by atoms with E-state index >= 15 is 0 Å². The van der Waals surface area contributed by atoms with E-state index in [2.05, 4.69) is 105 Å². The van der Waals surface area contributed by atoms with E-state index < -0.39 is 0 Å². The van der Waals surface area contributed by atoms with Crippen LogP contribution in [0.15, 0.2) is 82.1 Å². The van der Waals surface area contributed by atoms with Gasteiger partial charge in [-0.25, -0.2) is 0 Å². The monoisotopic (exact) mass is 432 g/mol. The second-order valence-corrected chi connectivity index (χ2v) is 10.7. The molecule has 2 aromatic carbocycles. The minimum atomic E-state index is 0.363. The lowest BCUT2D eigenvalue weighted by Gasteiger charge is -2.37. The standard InChI is InChI=1S/C28H36N2S/c1-21-11-9-18-28(3,4)23(21)17-16-22(2)29-19-10-20-30-24-12-5-7-14-26(24)31-27-15-8-6-13-25(27)30/h5-8,11-17,22-23,29H,9-10,18-20H2,1-4H3/b17-16+. The van der Waals surface area contributed by atoms with Crippen molar-refractivity contribution in [2.24, 2.45) is 11.3 Å². The number of rotatable bonds is 7. The molecule has 4 rings (SSSR count). The molecule has 0 spiro atoms. The molecule has 2 atom stereocenters. The van der Waals surface area contributed by atoms with Gasteiger partial charge in [0, 0.05) is 28.3 Å². The van der Waals surface area contributed by atoms with Gasteiger partial charge in [0.1, 0.15) is 0 Å². The summed E-state index contributed by atoms with van der Waals surface area (Å²) in [4.78, 5) is 5.19. The predicted octanol–water partition coefficient (Wildman–Crippen LogP) is 7.60. The van der Waals surface area contributed by atoms with Gasteiger partial charge in [0.05, 0.1) is 11.4 Å². The number of fused-ring (bicyclic) bond motifs is 2. The number of hydrogen-bond donors (Lipinski definition) is 1. The lowest BCUT2D eigenvalue weighted by atomic mass is 9.68. The maximum atomic E-state index is 3.71. The van der Waals surface area contributed by atoms with Gasteiger partial charge in [-0.15, -0.1) is 0 Å². The smallest absolute Gasteiger partial charge is 0.0552 e. The molecule has 0 amide bonds. The van der Waals surface area contributed by atoms with Crippen LogP contribution in [0.5, 0.6) is 0 Å². The van der Waals surface area contributed by atoms with Crippen LogP contribution in [-0.2, 0) is 0 Å². The van der Waals surface area contributed by atoms with Gasteiger partial charge in [-0.1, -0.05) is 73.7 Å². The van der Waals surface area contributed by atoms with Crippen LogP contribution in [0.4, 0.5) is 11.4 Å². The van der Waals surface area contributed by atoms with Crippen molar-refractivity contribution >= 4 is 23.1 Å². The molecule has 2 aromatic rings. The molecule has 1 aliphatic carbocycles. The molecule has 2 nitrogen and oxygen atoms in total. The van der Waals surface area contributed by atoms with Gasteiger partial charge >= 0.3 is 0 Å². The summed E-state index contributed by atoms with van der Waals surface area (Å²) in [5, 5.41) is 3.71. The molecule has 31 heavy (non-hydrogen) atoms. The highest BCUT2D eigenvalue weighted by Crippen LogP contribution is 2.47. The fourth-order valence-corrected chi connectivity index (χ4v) is 6.01. The van der Waals surface area contributed by atoms with Crippen LogP contribution in [0.25, 0.3) is 0 Å². The molecule has 2 aliphatic rings. The highest BCUT2D eigenvalue weighted by atomic mass is 32.2. The Morgan fingerprint density at radius 2 is 1.74 bits per heavy atom. The van der Waals surface area contributed by atoms with Crippen LogP contribution in [0.3, 0.4) is 0 Å². The molecule has 0 aromatic heterocycles. The molecular weight excluding hydrogens is 396 g/mol. The average Bonchev–Trinajstić information content (AvgIpc) is 2.75. The van der Waals surface area contributed by atoms with Crippen LogP contribution in [0.1, 0.15) is 47.0 Å². The normalized spacial score (nSPS) is 20.8. The van der Waals surface area contributed by atoms with Gasteiger partial charge in [0.25, 0.3) is 0 Å². The largest absolute Gasteiger partial charge is 0.340 e. The van der Waals surface area contributed by atoms with Crippen molar-refractivity contribution in [1.29, 1.82) is 0 Å². The molecule has 3 heteroatoms. The maximum absolute atomic E-state index is 3.71. The van der Waals surface area contributed by atoms with Crippen molar-refractivity contribution in [1.82, 2.24) is 5.32 Å². The van der Waals surface area contributed by atoms with E-state index in [1.165, 1.54) is 39.6 Å². The predicted molar refractivity (Wildman–Crippen MR) is 135 cm³/mol. The number of benzene rings is 2. The molecule has 1 N–H and O–H groups in total. The van der Waals surface area contributed by atoms with E-state index in [1.807, 2.05) is 11.8 Å². The summed E-state index contributed by atoms with van der Waals surface area (Å²) in [5.74, 6) is 0.560. The second kappa shape index (κ2) is 9.67. The molecule has 1 heterocycles. The van der Waals surface area contributed by atoms with Crippen molar-refractivity contribution < 1.29 is 0 Å². The summed E-state index contributed by atoms with van der Waals surface area (Å²) in [5.41, 5.74) is 4.56. The van der Waals surface area contributed by atoms with E-state index in [-0.39, 0.29) is 0 Å². The Bertz CT molecular complexity index is 913. The Morgan fingerprint density at radius 1 is 1.10 bits per heavy atom. The van der Waals surface area contributed by atoms with Crippen LogP contribution >= 0.6 is 11.8 Å². The first-order valence-electron chi connectivity index (χ1n) is 11.7. The summed E-state index contributed by atoms with van der Waals surface area (Å²) < 4.78 is 0. The number of para-hydroxylation sites is 2. The van der Waals surface area contributed by atoms with E-state index in [4.69, 9.17) is 0 Å². The third-order valence-electron chi connectivity index (χ3n) is 6.74. The van der Waals surface area contributed by atoms with E-state index in [0.29, 0.717) is 17.4 Å². The third kappa shape index (κ3) is 5.10. The molecule has 0 saturated carbocycles. The third-order valence-corrected chi connectivity index (χ3v) is 7.87. The lowest BCUT2D eigenvalue weighted by Crippen LogP contribution is -2.30. The average molecular weight is 433 g/mol. The second-order valence-electron chi connectivity index (χ2n) is 9.62. The highest BCUT2D eigenvalue weighted by Gasteiger charge is 2.30. The van der Waals surface area contributed by atoms with Gasteiger partial charge in [0.15, 0.2) is 0 Å². The number of allylic oxidation sites excluding steroid dienone is 3. The SMILES string of the molecule is CC1=CCCC(C)(C)C1/C=C/C(C)NCCCN1c2ccccc2Sc2ccccc21. The summed E-state index contributed by atoms with van der Waals surface area (Å²) in [7, 11) is 0. The molecule has 0 saturated heterocycles. The number of hydrogen-bond acceptors (Lipinski definition) is 3. The topological polar surface area (TPSA) is 15.3 Å². The molecule has 0 bridgehead atoms. The molecule has 0 fully saturated rings. The quantitative estimate of drug-likeness (QED) is 0.358. The zero-order valence-corrected chi connectivity index (χ0v) is 20.2. The van der Waals surface area contributed by atoms with Crippen molar-refractivity contribution in [3.8, 4) is 0 Å². The minimum Gasteiger partial charge on any atom is -0.340 e. The first-order chi connectivity index (χ1) is 15.0. The zero-order valence-electron chi connectivity index (χ0n) is 19.4. The number of nitrogens with zero attached hydrogens (tertiary/aromatic N) is 1. The fourth-order valence-electron chi connectivity index (χ4n) is 4.92. The minimum absolute atomic E-state index is 0.363. The Labute approximate surface area is 192 Å². The fraction of sp³-hybridized carbons (Fsp3) is 0.429. The molecule has 0 radical (unpaired) electrons. The number of nitrogens with one attached hydrogen (secondary N) is 1. The Kier molecular flexibility index (Phi) is 6.93. The van der Waals surface area contributed by atoms with Crippen molar-refractivity contribution in [3.05, 3.63) is 72.3 Å². The van der Waals surface area contributed by atoms with Crippen LogP contribution in [-0.4, -0.2) is 19.1 Å². The first-order valence-corrected chi connectivity index (χ1v) is 12.5. The van der Waals surface area contributed by atoms with Gasteiger partial charge in [-0.2, -0.15) is 0 Å². The van der Waals surface area contributed by atoms with Gasteiger partial charge in [-0.3, -0.25) is 0 Å². The van der Waals surface area contributed by atoms with Crippen LogP contribution < -0.4 is 10.2 Å². The lowest BCUT2D eigenvalue weighted by molar-refractivity contribution is 0.255. The van der Waals surface area contributed by atoms with Crippen molar-refractivity contribution in [2.45, 2.75) is 62.8 Å². The van der Waals surface area contributed by atoms with Crippen LogP contribution in [0, 0.1) is 11.3 Å². The Hall–Kier alpha value is -1.97. The summed E-state index contributed by atoms with van der Waals surface area (Å²) >= 11 is 1.88. The van der Waals surface area contributed by atoms with E-state index in [9.17, 15) is 0 Å². The van der Waals surface area contributed by atoms with Crippen molar-refractivity contribution in [3.63, 3.8) is 0 Å². The Morgan fingerprint density at radius 3 is 2.39 bits per heavy atom. The van der Waals surface area contributed by atoms with Crippen molar-refractivity contribution in [2.75, 3.05) is 18.0 Å². The summed E-state index contributed by atoms with van der Waals surface area (Å²) in [6, 6.07) is 17.9. The molecule has 1 aliphatic heterocycles. The van der Waals surface area contributed by atoms with Gasteiger partial charge in [-0.05, 0) is 69.3 Å². The van der Waals surface area contributed by atoms with Gasteiger partial charge in [0.2, 0.25) is 0 Å². The Balaban J connectivity index is 1.33. The highest BCUT2D eigenvalue weighted by molar-refractivity contribution is 7.99. The van der Waals surface area contributed by atoms with Gasteiger partial charge < -0.3 is 10.2 Å². The molecule has 2 unspecified atom stereocenters. The molecule has 164 valence electrons. The van der Waals surface area contributed by atoms with Crippen LogP contribution in [0.2, 0.25) is 0 Å². The van der Waals surface area contributed by atoms with E-state index in [1.54, 1.807) is 0 Å². The van der Waals surface area contributed by atoms with E-state index in [0.717, 1.165) is 19.5 Å². The summed E-state index contributed by atoms with van der Waals surface area (Å²) in [6.45, 7) is 11.4. The summed E-state index contributed by atoms with van der Waals surface area (Å²) in [6.07, 6.45) is 10.8. The maximum Gasteiger partial charge on any atom is 0.0552 e. The molecular formula is C28H36N2S.